The highest BCUT2D eigenvalue weighted by atomic mass is 19.1. The highest BCUT2D eigenvalue weighted by Crippen LogP contribution is 2.12. The Hall–Kier alpha value is -2.38. The lowest BCUT2D eigenvalue weighted by molar-refractivity contribution is 0.107. The summed E-state index contributed by atoms with van der Waals surface area (Å²) in [4.78, 5) is 0. The maximum Gasteiger partial charge on any atom is 0.124 e. The molecule has 0 radical (unpaired) electrons. The first kappa shape index (κ1) is 13.1. The van der Waals surface area contributed by atoms with E-state index in [4.69, 9.17) is 15.7 Å². The summed E-state index contributed by atoms with van der Waals surface area (Å²) >= 11 is 0. The number of rotatable bonds is 4. The summed E-state index contributed by atoms with van der Waals surface area (Å²) in [5.74, 6) is -0.426. The first-order chi connectivity index (χ1) is 9.17. The van der Waals surface area contributed by atoms with Crippen LogP contribution in [0.25, 0.3) is 0 Å². The number of benzene rings is 2. The maximum absolute atomic E-state index is 13.2. The molecule has 19 heavy (non-hydrogen) atoms. The van der Waals surface area contributed by atoms with Gasteiger partial charge in [0.15, 0.2) is 0 Å². The van der Waals surface area contributed by atoms with Crippen LogP contribution < -0.4 is 5.73 Å². The number of hydrogen-bond donors (Lipinski definition) is 1. The lowest BCUT2D eigenvalue weighted by atomic mass is 10.1. The van der Waals surface area contributed by atoms with E-state index in [2.05, 4.69) is 0 Å². The lowest BCUT2D eigenvalue weighted by Crippen LogP contribution is -1.96. The van der Waals surface area contributed by atoms with Gasteiger partial charge in [-0.15, -0.1) is 0 Å². The Morgan fingerprint density at radius 3 is 2.42 bits per heavy atom. The van der Waals surface area contributed by atoms with E-state index in [9.17, 15) is 4.39 Å². The van der Waals surface area contributed by atoms with Gasteiger partial charge in [0.25, 0.3) is 0 Å². The molecule has 0 aliphatic carbocycles. The molecule has 0 aliphatic heterocycles. The molecule has 2 rings (SSSR count). The quantitative estimate of drug-likeness (QED) is 0.855. The smallest absolute Gasteiger partial charge is 0.124 e. The molecule has 0 amide bonds. The van der Waals surface area contributed by atoms with Crippen molar-refractivity contribution in [2.24, 2.45) is 0 Å². The summed E-state index contributed by atoms with van der Waals surface area (Å²) < 4.78 is 18.7. The largest absolute Gasteiger partial charge is 0.399 e. The third kappa shape index (κ3) is 3.80. The second kappa shape index (κ2) is 5.98. The molecule has 0 saturated carbocycles. The van der Waals surface area contributed by atoms with E-state index in [1.54, 1.807) is 18.2 Å². The minimum Gasteiger partial charge on any atom is -0.399 e. The highest BCUT2D eigenvalue weighted by molar-refractivity contribution is 5.39. The van der Waals surface area contributed by atoms with Gasteiger partial charge in [0, 0.05) is 5.69 Å². The molecule has 96 valence electrons. The van der Waals surface area contributed by atoms with E-state index in [0.717, 1.165) is 5.56 Å². The van der Waals surface area contributed by atoms with Gasteiger partial charge in [-0.2, -0.15) is 5.26 Å². The van der Waals surface area contributed by atoms with Crippen molar-refractivity contribution in [2.45, 2.75) is 13.2 Å². The minimum atomic E-state index is -0.426. The zero-order valence-electron chi connectivity index (χ0n) is 10.3. The Labute approximate surface area is 111 Å². The molecule has 0 spiro atoms. The van der Waals surface area contributed by atoms with E-state index in [-0.39, 0.29) is 6.61 Å². The monoisotopic (exact) mass is 256 g/mol. The van der Waals surface area contributed by atoms with Crippen molar-refractivity contribution in [3.63, 3.8) is 0 Å². The predicted octanol–water partition coefficient (Wildman–Crippen LogP) is 3.00. The van der Waals surface area contributed by atoms with Gasteiger partial charge in [0.05, 0.1) is 24.8 Å². The fourth-order valence-corrected chi connectivity index (χ4v) is 1.70. The van der Waals surface area contributed by atoms with E-state index >= 15 is 0 Å². The van der Waals surface area contributed by atoms with Gasteiger partial charge in [-0.25, -0.2) is 4.39 Å². The van der Waals surface area contributed by atoms with Crippen molar-refractivity contribution in [1.82, 2.24) is 0 Å². The highest BCUT2D eigenvalue weighted by Gasteiger charge is 2.01. The van der Waals surface area contributed by atoms with E-state index in [1.807, 2.05) is 18.2 Å². The number of nitriles is 1. The summed E-state index contributed by atoms with van der Waals surface area (Å²) in [5, 5.41) is 8.75. The van der Waals surface area contributed by atoms with Crippen LogP contribution in [-0.2, 0) is 18.0 Å². The second-order valence-electron chi connectivity index (χ2n) is 4.19. The first-order valence-corrected chi connectivity index (χ1v) is 5.79. The summed E-state index contributed by atoms with van der Waals surface area (Å²) in [6.07, 6.45) is 0. The Kier molecular flexibility index (Phi) is 4.11. The van der Waals surface area contributed by atoms with Crippen molar-refractivity contribution in [3.05, 3.63) is 65.0 Å². The molecular weight excluding hydrogens is 243 g/mol. The van der Waals surface area contributed by atoms with Crippen LogP contribution in [0.4, 0.5) is 10.1 Å². The molecular formula is C15H13FN2O. The Morgan fingerprint density at radius 2 is 1.74 bits per heavy atom. The van der Waals surface area contributed by atoms with Gasteiger partial charge in [0.2, 0.25) is 0 Å². The van der Waals surface area contributed by atoms with Crippen LogP contribution >= 0.6 is 0 Å². The molecule has 0 aromatic heterocycles. The number of hydrogen-bond acceptors (Lipinski definition) is 3. The van der Waals surface area contributed by atoms with Crippen molar-refractivity contribution in [1.29, 1.82) is 5.26 Å². The van der Waals surface area contributed by atoms with E-state index in [0.29, 0.717) is 23.4 Å². The van der Waals surface area contributed by atoms with Gasteiger partial charge < -0.3 is 10.5 Å². The molecule has 4 heteroatoms. The van der Waals surface area contributed by atoms with Crippen molar-refractivity contribution >= 4 is 5.69 Å². The van der Waals surface area contributed by atoms with Crippen LogP contribution in [0.15, 0.2) is 42.5 Å². The molecule has 0 bridgehead atoms. The van der Waals surface area contributed by atoms with E-state index in [1.165, 1.54) is 12.1 Å². The van der Waals surface area contributed by atoms with Crippen molar-refractivity contribution in [2.75, 3.05) is 5.73 Å². The number of nitrogen functional groups attached to an aromatic ring is 1. The molecule has 0 fully saturated rings. The molecule has 0 saturated heterocycles. The molecule has 0 heterocycles. The molecule has 0 unspecified atom stereocenters. The summed E-state index contributed by atoms with van der Waals surface area (Å²) in [7, 11) is 0. The van der Waals surface area contributed by atoms with Gasteiger partial charge in [-0.3, -0.25) is 0 Å². The number of anilines is 1. The summed E-state index contributed by atoms with van der Waals surface area (Å²) in [5.41, 5.74) is 8.22. The molecule has 0 aliphatic rings. The van der Waals surface area contributed by atoms with E-state index < -0.39 is 5.82 Å². The third-order valence-corrected chi connectivity index (χ3v) is 2.60. The van der Waals surface area contributed by atoms with Gasteiger partial charge in [0.1, 0.15) is 5.82 Å². The van der Waals surface area contributed by atoms with Crippen LogP contribution in [0.2, 0.25) is 0 Å². The Balaban J connectivity index is 1.94. The zero-order chi connectivity index (χ0) is 13.7. The number of nitrogens with two attached hydrogens (primary N) is 1. The summed E-state index contributed by atoms with van der Waals surface area (Å²) in [6.45, 7) is 0.676. The SMILES string of the molecule is N#Cc1cc(F)cc(COCc2ccc(N)cc2)c1. The summed E-state index contributed by atoms with van der Waals surface area (Å²) in [6, 6.07) is 13.4. The number of nitrogens with zero attached hydrogens (tertiary/aromatic N) is 1. The standard InChI is InChI=1S/C15H13FN2O/c16-14-6-12(8-17)5-13(7-14)10-19-9-11-1-3-15(18)4-2-11/h1-7H,9-10,18H2. The van der Waals surface area contributed by atoms with Crippen LogP contribution in [0.1, 0.15) is 16.7 Å². The Morgan fingerprint density at radius 1 is 1.05 bits per heavy atom. The van der Waals surface area contributed by atoms with Crippen LogP contribution in [0.3, 0.4) is 0 Å². The predicted molar refractivity (Wildman–Crippen MR) is 70.5 cm³/mol. The maximum atomic E-state index is 13.2. The fourth-order valence-electron chi connectivity index (χ4n) is 1.70. The van der Waals surface area contributed by atoms with Gasteiger partial charge in [-0.05, 0) is 41.5 Å². The van der Waals surface area contributed by atoms with Crippen molar-refractivity contribution in [3.8, 4) is 6.07 Å². The number of ether oxygens (including phenoxy) is 1. The minimum absolute atomic E-state index is 0.261. The topological polar surface area (TPSA) is 59.0 Å². The molecule has 0 atom stereocenters. The second-order valence-corrected chi connectivity index (χ2v) is 4.19. The lowest BCUT2D eigenvalue weighted by Gasteiger charge is -2.05. The number of halogens is 1. The molecule has 2 aromatic rings. The van der Waals surface area contributed by atoms with Crippen molar-refractivity contribution < 1.29 is 9.13 Å². The molecule has 3 nitrogen and oxygen atoms in total. The zero-order valence-corrected chi connectivity index (χ0v) is 10.3. The normalized spacial score (nSPS) is 10.1. The first-order valence-electron chi connectivity index (χ1n) is 5.79. The van der Waals surface area contributed by atoms with Gasteiger partial charge >= 0.3 is 0 Å². The Bertz CT molecular complexity index is 603. The fraction of sp³-hybridized carbons (Fsp3) is 0.133. The van der Waals surface area contributed by atoms with Crippen LogP contribution in [0.5, 0.6) is 0 Å². The molecule has 2 N–H and O–H groups in total. The average Bonchev–Trinajstić information content (AvgIpc) is 2.40. The third-order valence-electron chi connectivity index (χ3n) is 2.60. The van der Waals surface area contributed by atoms with Crippen LogP contribution in [-0.4, -0.2) is 0 Å². The van der Waals surface area contributed by atoms with Crippen LogP contribution in [0, 0.1) is 17.1 Å². The van der Waals surface area contributed by atoms with Gasteiger partial charge in [-0.1, -0.05) is 12.1 Å². The average molecular weight is 256 g/mol. The molecule has 2 aromatic carbocycles.